The molecular weight excluding hydrogens is 1040 g/mol. The highest BCUT2D eigenvalue weighted by molar-refractivity contribution is 7.06. The van der Waals surface area contributed by atoms with E-state index in [1.807, 2.05) is 101 Å². The fourth-order valence-corrected chi connectivity index (χ4v) is 15.0. The van der Waals surface area contributed by atoms with E-state index in [9.17, 15) is 5.48 Å². The number of rotatable bonds is 7. The highest BCUT2D eigenvalue weighted by atomic mass is 16.5. The Kier molecular flexibility index (Phi) is 8.17. The van der Waals surface area contributed by atoms with Gasteiger partial charge in [0, 0.05) is 73.9 Å². The molecule has 0 N–H and O–H groups in total. The lowest BCUT2D eigenvalue weighted by Crippen LogP contribution is -2.69. The van der Waals surface area contributed by atoms with E-state index in [1.54, 1.807) is 42.5 Å². The fraction of sp³-hybridized carbons (Fsp3) is 0.0135. The molecule has 0 aliphatic carbocycles. The zero-order valence-corrected chi connectivity index (χ0v) is 45.2. The van der Waals surface area contributed by atoms with Crippen LogP contribution in [-0.4, -0.2) is 26.1 Å². The topological polar surface area (TPSA) is 51.7 Å². The van der Waals surface area contributed by atoms with Crippen molar-refractivity contribution < 1.29 is 25.2 Å². The number of benzene rings is 12. The van der Waals surface area contributed by atoms with Crippen LogP contribution in [0.25, 0.3) is 0 Å². The first-order valence-corrected chi connectivity index (χ1v) is 28.5. The summed E-state index contributed by atoms with van der Waals surface area (Å²) in [5, 5.41) is 0. The summed E-state index contributed by atoms with van der Waals surface area (Å²) < 4.78 is 86.7. The monoisotopic (exact) mass is 1090 g/mol. The van der Waals surface area contributed by atoms with E-state index in [4.69, 9.17) is 15.0 Å². The Labute approximate surface area is 504 Å². The van der Waals surface area contributed by atoms with Crippen molar-refractivity contribution in [1.82, 2.24) is 0 Å². The van der Waals surface area contributed by atoms with Crippen LogP contribution in [0.2, 0.25) is 0 Å². The summed E-state index contributed by atoms with van der Waals surface area (Å²) in [6, 6.07) is 70.4. The van der Waals surface area contributed by atoms with E-state index >= 15 is 4.79 Å². The van der Waals surface area contributed by atoms with Crippen molar-refractivity contribution in [3.8, 4) is 11.5 Å². The molecule has 19 rings (SSSR count). The number of ether oxygens (including phenoxy) is 2. The van der Waals surface area contributed by atoms with Gasteiger partial charge in [-0.3, -0.25) is 0 Å². The van der Waals surface area contributed by atoms with E-state index in [1.165, 1.54) is 18.2 Å². The number of esters is 1. The van der Waals surface area contributed by atoms with Crippen LogP contribution in [0.4, 0.5) is 85.3 Å². The second-order valence-electron chi connectivity index (χ2n) is 22.4. The Bertz CT molecular complexity index is 5310. The lowest BCUT2D eigenvalue weighted by atomic mass is 9.28. The summed E-state index contributed by atoms with van der Waals surface area (Å²) in [7, 11) is 0. The molecule has 7 aliphatic heterocycles. The predicted molar refractivity (Wildman–Crippen MR) is 349 cm³/mol. The molecule has 0 bridgehead atoms. The molecule has 0 aromatic heterocycles. The van der Waals surface area contributed by atoms with Crippen LogP contribution >= 0.6 is 0 Å². The van der Waals surface area contributed by atoms with Crippen LogP contribution in [0.3, 0.4) is 0 Å². The molecule has 85 heavy (non-hydrogen) atoms. The molecular formula is C74H46B3N5O3. The van der Waals surface area contributed by atoms with Gasteiger partial charge in [-0.2, -0.15) is 0 Å². The van der Waals surface area contributed by atoms with E-state index in [0.717, 1.165) is 106 Å². The summed E-state index contributed by atoms with van der Waals surface area (Å²) in [5.41, 5.74) is 20.7. The molecule has 12 aromatic carbocycles. The predicted octanol–water partition coefficient (Wildman–Crippen LogP) is 11.9. The van der Waals surface area contributed by atoms with Gasteiger partial charge in [0.2, 0.25) is 0 Å². The van der Waals surface area contributed by atoms with Gasteiger partial charge in [0.25, 0.3) is 20.1 Å². The highest BCUT2D eigenvalue weighted by Crippen LogP contribution is 2.56. The van der Waals surface area contributed by atoms with E-state index in [0.29, 0.717) is 45.6 Å². The zero-order chi connectivity index (χ0) is 62.6. The van der Waals surface area contributed by atoms with Gasteiger partial charge in [0.15, 0.2) is 11.5 Å². The van der Waals surface area contributed by atoms with Crippen molar-refractivity contribution in [3.63, 3.8) is 0 Å². The van der Waals surface area contributed by atoms with Gasteiger partial charge in [-0.25, -0.2) is 4.79 Å². The Balaban J connectivity index is 0.947. The molecule has 7 heterocycles. The number of anilines is 15. The minimum atomic E-state index is -0.588. The third-order valence-corrected chi connectivity index (χ3v) is 18.1. The smallest absolute Gasteiger partial charge is 0.338 e. The molecule has 0 unspecified atom stereocenters. The summed E-state index contributed by atoms with van der Waals surface area (Å²) in [5.74, 6) is 0.822. The standard InChI is InChI=1S/C74H46B3N5O3/c83-74(84-45-46-22-6-1-7-23-46)47-40-62-68-63(41-47)80(50-28-12-4-13-29-50)60-43-61-57(42-56(60)76(68)53-33-17-19-37-59(53)78(62)48-24-8-2-9-25-48)77-55-35-21-39-67-72(55)82-71-54(34-20-38-66(71)85-67)75-52-32-16-18-36-58(52)79(49-26-10-3-11-27-49)64-44-65(70(77)73(82)69(64)75)81(61)51-30-14-5-15-31-51/h1-44H,45H2/i8D,9D,10D,11D,12D,13D,14D,15D. The van der Waals surface area contributed by atoms with Crippen molar-refractivity contribution in [3.05, 3.63) is 278 Å². The highest BCUT2D eigenvalue weighted by Gasteiger charge is 2.55. The van der Waals surface area contributed by atoms with Gasteiger partial charge in [-0.15, -0.1) is 0 Å². The molecule has 0 saturated heterocycles. The number of para-hydroxylation sites is 8. The van der Waals surface area contributed by atoms with Crippen molar-refractivity contribution in [2.45, 2.75) is 6.61 Å². The second-order valence-corrected chi connectivity index (χ2v) is 22.4. The molecule has 0 fully saturated rings. The number of nitrogens with zero attached hydrogens (tertiary/aromatic N) is 5. The van der Waals surface area contributed by atoms with Gasteiger partial charge < -0.3 is 34.0 Å². The largest absolute Gasteiger partial charge is 0.457 e. The average Bonchev–Trinajstić information content (AvgIpc) is 0.663. The third-order valence-electron chi connectivity index (χ3n) is 18.1. The molecule has 0 radical (unpaired) electrons. The van der Waals surface area contributed by atoms with Crippen LogP contribution in [0.5, 0.6) is 11.5 Å². The van der Waals surface area contributed by atoms with E-state index < -0.39 is 19.4 Å². The summed E-state index contributed by atoms with van der Waals surface area (Å²) in [4.78, 5) is 25.9. The Hall–Kier alpha value is -10.9. The number of hydrogen-bond donors (Lipinski definition) is 0. The van der Waals surface area contributed by atoms with Gasteiger partial charge >= 0.3 is 5.97 Å². The van der Waals surface area contributed by atoms with Crippen LogP contribution < -0.4 is 78.4 Å². The van der Waals surface area contributed by atoms with Crippen molar-refractivity contribution >= 4 is 161 Å². The molecule has 0 saturated carbocycles. The van der Waals surface area contributed by atoms with Crippen molar-refractivity contribution in [2.75, 3.05) is 24.5 Å². The van der Waals surface area contributed by atoms with Crippen LogP contribution in [0.15, 0.2) is 267 Å². The Morgan fingerprint density at radius 1 is 0.353 bits per heavy atom. The molecule has 0 amide bonds. The number of hydrogen-bond acceptors (Lipinski definition) is 8. The van der Waals surface area contributed by atoms with Crippen molar-refractivity contribution in [2.24, 2.45) is 0 Å². The van der Waals surface area contributed by atoms with E-state index in [-0.39, 0.29) is 67.2 Å². The Morgan fingerprint density at radius 3 is 1.25 bits per heavy atom. The quantitative estimate of drug-likeness (QED) is 0.116. The maximum absolute atomic E-state index is 15.0. The Morgan fingerprint density at radius 2 is 0.753 bits per heavy atom. The van der Waals surface area contributed by atoms with Gasteiger partial charge in [-0.05, 0) is 152 Å². The first kappa shape index (κ1) is 39.5. The van der Waals surface area contributed by atoms with Crippen LogP contribution in [-0.2, 0) is 11.3 Å². The summed E-state index contributed by atoms with van der Waals surface area (Å²) in [6.07, 6.45) is 0. The first-order valence-electron chi connectivity index (χ1n) is 32.5. The maximum Gasteiger partial charge on any atom is 0.338 e. The second kappa shape index (κ2) is 17.6. The number of carbonyl (C=O) groups excluding carboxylic acids is 1. The molecule has 7 aliphatic rings. The summed E-state index contributed by atoms with van der Waals surface area (Å²) >= 11 is 0. The SMILES string of the molecule is [2H]c1cc([2H])cc(N2c3ccccc3B3c4cc5c(cc4N(c4cc([2H])cc([2H])c4)c4cc(C(=O)OCc6ccccc6)cc2c43)N(c2cc([2H])cc([2H])c2)c2cc3c4c6c2B5c2cccc5c2N6c2c(cccc2B4c2ccccc2N3c2cc([2H])cc([2H])c2)O5)c1. The number of fused-ring (bicyclic) bond motifs is 10. The lowest BCUT2D eigenvalue weighted by Gasteiger charge is -2.52. The van der Waals surface area contributed by atoms with Crippen LogP contribution in [0.1, 0.15) is 26.9 Å². The maximum atomic E-state index is 15.0. The normalized spacial score (nSPS) is 15.4. The minimum Gasteiger partial charge on any atom is -0.457 e. The molecule has 11 heteroatoms. The van der Waals surface area contributed by atoms with E-state index in [2.05, 4.69) is 81.4 Å². The molecule has 0 spiro atoms. The van der Waals surface area contributed by atoms with Crippen molar-refractivity contribution in [1.29, 1.82) is 0 Å². The van der Waals surface area contributed by atoms with Gasteiger partial charge in [0.05, 0.1) is 27.9 Å². The molecule has 12 aromatic rings. The number of carbonyl (C=O) groups is 1. The zero-order valence-electron chi connectivity index (χ0n) is 53.2. The third kappa shape index (κ3) is 6.41. The molecule has 394 valence electrons. The summed E-state index contributed by atoms with van der Waals surface area (Å²) in [6.45, 7) is -1.34. The molecule has 0 atom stereocenters. The lowest BCUT2D eigenvalue weighted by molar-refractivity contribution is 0.0472. The average molecular weight is 1090 g/mol. The van der Waals surface area contributed by atoms with Gasteiger partial charge in [0.1, 0.15) is 6.61 Å². The minimum absolute atomic E-state index is 0.00404. The first-order chi connectivity index (χ1) is 45.3. The van der Waals surface area contributed by atoms with Gasteiger partial charge in [-0.1, -0.05) is 170 Å². The van der Waals surface area contributed by atoms with Crippen LogP contribution in [0, 0.1) is 0 Å². The molecule has 8 nitrogen and oxygen atoms in total. The fourth-order valence-electron chi connectivity index (χ4n) is 15.0.